The third-order valence-corrected chi connectivity index (χ3v) is 5.60. The SMILES string of the molecule is Cc1cccc(CNC(=O)n2nc(-c3ccc(NC(=O)CC(C)C)cc3O)cc2C2CC2)c1. The Hall–Kier alpha value is -3.61. The molecule has 0 spiro atoms. The summed E-state index contributed by atoms with van der Waals surface area (Å²) in [6.07, 6.45) is 2.45. The molecule has 0 atom stereocenters. The van der Waals surface area contributed by atoms with Crippen molar-refractivity contribution in [3.63, 3.8) is 0 Å². The molecular weight excluding hydrogens is 416 g/mol. The molecule has 0 unspecified atom stereocenters. The van der Waals surface area contributed by atoms with Gasteiger partial charge in [0.2, 0.25) is 5.91 Å². The average Bonchev–Trinajstić information content (AvgIpc) is 3.50. The van der Waals surface area contributed by atoms with E-state index in [1.165, 1.54) is 10.7 Å². The summed E-state index contributed by atoms with van der Waals surface area (Å²) in [6, 6.07) is 14.5. The van der Waals surface area contributed by atoms with E-state index in [0.717, 1.165) is 29.7 Å². The normalized spacial score (nSPS) is 13.2. The molecule has 1 heterocycles. The number of benzene rings is 2. The number of phenols is 1. The number of rotatable bonds is 7. The van der Waals surface area contributed by atoms with Crippen molar-refractivity contribution < 1.29 is 14.7 Å². The molecule has 7 heteroatoms. The fourth-order valence-corrected chi connectivity index (χ4v) is 3.84. The number of nitrogens with one attached hydrogen (secondary N) is 2. The molecule has 1 saturated carbocycles. The second-order valence-electron chi connectivity index (χ2n) is 9.17. The maximum absolute atomic E-state index is 12.9. The van der Waals surface area contributed by atoms with Gasteiger partial charge in [-0.2, -0.15) is 9.78 Å². The lowest BCUT2D eigenvalue weighted by Gasteiger charge is -2.09. The zero-order chi connectivity index (χ0) is 23.5. The molecule has 1 fully saturated rings. The van der Waals surface area contributed by atoms with Crippen molar-refractivity contribution in [2.45, 2.75) is 52.5 Å². The number of aromatic nitrogens is 2. The summed E-state index contributed by atoms with van der Waals surface area (Å²) in [4.78, 5) is 25.0. The Morgan fingerprint density at radius 1 is 1.15 bits per heavy atom. The maximum atomic E-state index is 12.9. The van der Waals surface area contributed by atoms with E-state index in [9.17, 15) is 14.7 Å². The number of nitrogens with zero attached hydrogens (tertiary/aromatic N) is 2. The maximum Gasteiger partial charge on any atom is 0.342 e. The van der Waals surface area contributed by atoms with Crippen LogP contribution in [-0.4, -0.2) is 26.8 Å². The van der Waals surface area contributed by atoms with Gasteiger partial charge in [0.25, 0.3) is 0 Å². The van der Waals surface area contributed by atoms with Gasteiger partial charge in [-0.15, -0.1) is 0 Å². The Labute approximate surface area is 193 Å². The summed E-state index contributed by atoms with van der Waals surface area (Å²) in [5.41, 5.74) is 4.59. The molecule has 0 saturated heterocycles. The summed E-state index contributed by atoms with van der Waals surface area (Å²) in [6.45, 7) is 6.38. The lowest BCUT2D eigenvalue weighted by atomic mass is 10.1. The lowest BCUT2D eigenvalue weighted by molar-refractivity contribution is -0.116. The monoisotopic (exact) mass is 446 g/mol. The average molecular weight is 447 g/mol. The van der Waals surface area contributed by atoms with Crippen molar-refractivity contribution in [2.75, 3.05) is 5.32 Å². The molecule has 2 aromatic carbocycles. The molecule has 4 rings (SSSR count). The molecule has 0 bridgehead atoms. The van der Waals surface area contributed by atoms with Gasteiger partial charge < -0.3 is 15.7 Å². The number of carbonyl (C=O) groups excluding carboxylic acids is 2. The quantitative estimate of drug-likeness (QED) is 0.466. The Morgan fingerprint density at radius 3 is 2.61 bits per heavy atom. The molecule has 0 radical (unpaired) electrons. The Morgan fingerprint density at radius 2 is 1.94 bits per heavy atom. The molecule has 172 valence electrons. The van der Waals surface area contributed by atoms with E-state index in [2.05, 4.69) is 15.7 Å². The third kappa shape index (κ3) is 5.61. The molecule has 1 aliphatic rings. The molecular formula is C26H30N4O3. The van der Waals surface area contributed by atoms with Crippen molar-refractivity contribution in [3.8, 4) is 17.0 Å². The zero-order valence-corrected chi connectivity index (χ0v) is 19.3. The van der Waals surface area contributed by atoms with Gasteiger partial charge in [0.15, 0.2) is 0 Å². The first-order valence-corrected chi connectivity index (χ1v) is 11.4. The Bertz CT molecular complexity index is 1180. The number of carbonyl (C=O) groups is 2. The summed E-state index contributed by atoms with van der Waals surface area (Å²) in [5, 5.41) is 20.9. The van der Waals surface area contributed by atoms with E-state index >= 15 is 0 Å². The summed E-state index contributed by atoms with van der Waals surface area (Å²) in [5.74, 6) is 0.458. The van der Waals surface area contributed by atoms with E-state index in [-0.39, 0.29) is 23.6 Å². The first-order valence-electron chi connectivity index (χ1n) is 11.4. The fraction of sp³-hybridized carbons (Fsp3) is 0.346. The zero-order valence-electron chi connectivity index (χ0n) is 19.3. The van der Waals surface area contributed by atoms with Crippen LogP contribution in [0, 0.1) is 12.8 Å². The van der Waals surface area contributed by atoms with Crippen molar-refractivity contribution in [1.82, 2.24) is 15.1 Å². The molecule has 7 nitrogen and oxygen atoms in total. The summed E-state index contributed by atoms with van der Waals surface area (Å²) < 4.78 is 1.42. The highest BCUT2D eigenvalue weighted by Gasteiger charge is 2.30. The van der Waals surface area contributed by atoms with Crippen LogP contribution in [0.25, 0.3) is 11.3 Å². The highest BCUT2D eigenvalue weighted by atomic mass is 16.3. The van der Waals surface area contributed by atoms with E-state index in [4.69, 9.17) is 0 Å². The predicted octanol–water partition coefficient (Wildman–Crippen LogP) is 5.18. The molecule has 33 heavy (non-hydrogen) atoms. The number of hydrogen-bond donors (Lipinski definition) is 3. The van der Waals surface area contributed by atoms with Crippen molar-refractivity contribution in [1.29, 1.82) is 0 Å². The van der Waals surface area contributed by atoms with Gasteiger partial charge in [0.1, 0.15) is 5.75 Å². The first kappa shape index (κ1) is 22.6. The minimum Gasteiger partial charge on any atom is -0.507 e. The topological polar surface area (TPSA) is 96.3 Å². The summed E-state index contributed by atoms with van der Waals surface area (Å²) in [7, 11) is 0. The minimum atomic E-state index is -0.290. The third-order valence-electron chi connectivity index (χ3n) is 5.60. The van der Waals surface area contributed by atoms with Crippen LogP contribution in [0.3, 0.4) is 0 Å². The van der Waals surface area contributed by atoms with Gasteiger partial charge >= 0.3 is 6.03 Å². The fourth-order valence-electron chi connectivity index (χ4n) is 3.84. The van der Waals surface area contributed by atoms with Gasteiger partial charge in [-0.3, -0.25) is 4.79 Å². The van der Waals surface area contributed by atoms with E-state index < -0.39 is 0 Å². The van der Waals surface area contributed by atoms with E-state index in [0.29, 0.717) is 35.8 Å². The first-order chi connectivity index (χ1) is 15.8. The number of phenolic OH excluding ortho intramolecular Hbond substituents is 1. The van der Waals surface area contributed by atoms with Crippen LogP contribution in [0.5, 0.6) is 5.75 Å². The number of aromatic hydroxyl groups is 1. The number of amides is 2. The predicted molar refractivity (Wildman–Crippen MR) is 128 cm³/mol. The van der Waals surface area contributed by atoms with Gasteiger partial charge in [-0.1, -0.05) is 43.7 Å². The number of aryl methyl sites for hydroxylation is 1. The second kappa shape index (κ2) is 9.48. The van der Waals surface area contributed by atoms with Gasteiger partial charge in [-0.25, -0.2) is 4.79 Å². The molecule has 3 aromatic rings. The van der Waals surface area contributed by atoms with E-state index in [1.54, 1.807) is 12.1 Å². The van der Waals surface area contributed by atoms with Crippen LogP contribution in [0.15, 0.2) is 48.5 Å². The Balaban J connectivity index is 1.52. The second-order valence-corrected chi connectivity index (χ2v) is 9.17. The lowest BCUT2D eigenvalue weighted by Crippen LogP contribution is -2.30. The largest absolute Gasteiger partial charge is 0.507 e. The summed E-state index contributed by atoms with van der Waals surface area (Å²) >= 11 is 0. The molecule has 3 N–H and O–H groups in total. The molecule has 0 aliphatic heterocycles. The van der Waals surface area contributed by atoms with Crippen LogP contribution in [0.1, 0.15) is 55.8 Å². The standard InChI is InChI=1S/C26H30N4O3/c1-16(2)11-25(32)28-20-9-10-21(24(31)13-20)22-14-23(19-7-8-19)30(29-22)26(33)27-15-18-6-4-5-17(3)12-18/h4-6,9-10,12-14,16,19,31H,7-8,11,15H2,1-3H3,(H,27,33)(H,28,32). The van der Waals surface area contributed by atoms with Gasteiger partial charge in [-0.05, 0) is 49.4 Å². The van der Waals surface area contributed by atoms with Crippen LogP contribution >= 0.6 is 0 Å². The van der Waals surface area contributed by atoms with Crippen LogP contribution < -0.4 is 10.6 Å². The van der Waals surface area contributed by atoms with E-state index in [1.807, 2.05) is 51.1 Å². The van der Waals surface area contributed by atoms with Crippen molar-refractivity contribution >= 4 is 17.6 Å². The number of anilines is 1. The Kier molecular flexibility index (Phi) is 6.49. The van der Waals surface area contributed by atoms with Crippen molar-refractivity contribution in [3.05, 3.63) is 65.4 Å². The minimum absolute atomic E-state index is 0.00418. The number of hydrogen-bond acceptors (Lipinski definition) is 4. The van der Waals surface area contributed by atoms with Crippen LogP contribution in [0.2, 0.25) is 0 Å². The molecule has 2 amide bonds. The van der Waals surface area contributed by atoms with Crippen molar-refractivity contribution in [2.24, 2.45) is 5.92 Å². The highest BCUT2D eigenvalue weighted by Crippen LogP contribution is 2.42. The molecule has 1 aromatic heterocycles. The smallest absolute Gasteiger partial charge is 0.342 e. The molecule has 1 aliphatic carbocycles. The highest BCUT2D eigenvalue weighted by molar-refractivity contribution is 5.91. The van der Waals surface area contributed by atoms with Gasteiger partial charge in [0.05, 0.1) is 11.4 Å². The van der Waals surface area contributed by atoms with Crippen LogP contribution in [-0.2, 0) is 11.3 Å². The van der Waals surface area contributed by atoms with Crippen LogP contribution in [0.4, 0.5) is 10.5 Å². The van der Waals surface area contributed by atoms with Gasteiger partial charge in [0, 0.05) is 36.2 Å².